The van der Waals surface area contributed by atoms with E-state index in [4.69, 9.17) is 5.11 Å². The fraction of sp³-hybridized carbons (Fsp3) is 0.600. The molecule has 12 heavy (non-hydrogen) atoms. The van der Waals surface area contributed by atoms with Crippen LogP contribution >= 0.6 is 0 Å². The molecular formula is C10H18O2. The topological polar surface area (TPSA) is 40.5 Å². The smallest absolute Gasteiger partial charge is 0.0948 e. The van der Waals surface area contributed by atoms with Crippen molar-refractivity contribution in [3.8, 4) is 0 Å². The molecule has 2 nitrogen and oxygen atoms in total. The number of hydrogen-bond acceptors (Lipinski definition) is 2. The molecule has 0 bridgehead atoms. The minimum absolute atomic E-state index is 0.202. The van der Waals surface area contributed by atoms with Crippen LogP contribution in [0.15, 0.2) is 24.5 Å². The third-order valence-electron chi connectivity index (χ3n) is 1.65. The van der Waals surface area contributed by atoms with Crippen LogP contribution < -0.4 is 0 Å². The predicted octanol–water partition coefficient (Wildman–Crippen LogP) is 2.56. The molecule has 0 aliphatic carbocycles. The lowest BCUT2D eigenvalue weighted by atomic mass is 10.1. The van der Waals surface area contributed by atoms with Gasteiger partial charge in [0.2, 0.25) is 0 Å². The minimum atomic E-state index is -0.416. The number of aliphatic hydroxyl groups excluding tert-OH is 2. The molecule has 0 aromatic carbocycles. The lowest BCUT2D eigenvalue weighted by Crippen LogP contribution is -2.07. The van der Waals surface area contributed by atoms with E-state index >= 15 is 0 Å². The van der Waals surface area contributed by atoms with Crippen molar-refractivity contribution < 1.29 is 10.2 Å². The van der Waals surface area contributed by atoms with E-state index in [1.54, 1.807) is 0 Å². The molecule has 0 heterocycles. The Bertz CT molecular complexity index is 150. The maximum Gasteiger partial charge on any atom is 0.0948 e. The summed E-state index contributed by atoms with van der Waals surface area (Å²) in [5.74, 6) is 0.202. The first-order valence-corrected chi connectivity index (χ1v) is 4.39. The Morgan fingerprint density at radius 3 is 2.75 bits per heavy atom. The predicted molar refractivity (Wildman–Crippen MR) is 51.1 cm³/mol. The molecule has 1 atom stereocenters. The zero-order valence-corrected chi connectivity index (χ0v) is 7.66. The van der Waals surface area contributed by atoms with Crippen LogP contribution in [0.4, 0.5) is 0 Å². The summed E-state index contributed by atoms with van der Waals surface area (Å²) in [6.45, 7) is 5.53. The lowest BCUT2D eigenvalue weighted by Gasteiger charge is -2.08. The van der Waals surface area contributed by atoms with Gasteiger partial charge in [0.1, 0.15) is 0 Å². The monoisotopic (exact) mass is 170 g/mol. The maximum atomic E-state index is 9.34. The third-order valence-corrected chi connectivity index (χ3v) is 1.65. The molecule has 70 valence electrons. The SMILES string of the molecule is C=C/C=C(\O)CC(O)CCCC. The van der Waals surface area contributed by atoms with Crippen LogP contribution in [0, 0.1) is 0 Å². The van der Waals surface area contributed by atoms with E-state index in [0.29, 0.717) is 6.42 Å². The lowest BCUT2D eigenvalue weighted by molar-refractivity contribution is 0.146. The molecule has 0 amide bonds. The first-order valence-electron chi connectivity index (χ1n) is 4.39. The molecule has 0 saturated carbocycles. The van der Waals surface area contributed by atoms with Crippen molar-refractivity contribution in [2.75, 3.05) is 0 Å². The van der Waals surface area contributed by atoms with Gasteiger partial charge in [-0.3, -0.25) is 0 Å². The van der Waals surface area contributed by atoms with Crippen molar-refractivity contribution in [3.05, 3.63) is 24.5 Å². The van der Waals surface area contributed by atoms with E-state index in [0.717, 1.165) is 19.3 Å². The van der Waals surface area contributed by atoms with Crippen molar-refractivity contribution >= 4 is 0 Å². The normalized spacial score (nSPS) is 14.3. The van der Waals surface area contributed by atoms with Crippen molar-refractivity contribution in [2.45, 2.75) is 38.7 Å². The van der Waals surface area contributed by atoms with Crippen LogP contribution in [-0.4, -0.2) is 16.3 Å². The van der Waals surface area contributed by atoms with Gasteiger partial charge < -0.3 is 10.2 Å². The van der Waals surface area contributed by atoms with Gasteiger partial charge in [0, 0.05) is 6.42 Å². The maximum absolute atomic E-state index is 9.34. The minimum Gasteiger partial charge on any atom is -0.512 e. The second kappa shape index (κ2) is 6.92. The summed E-state index contributed by atoms with van der Waals surface area (Å²) in [6.07, 6.45) is 5.78. The van der Waals surface area contributed by atoms with Crippen LogP contribution in [0.1, 0.15) is 32.6 Å². The quantitative estimate of drug-likeness (QED) is 0.475. The number of hydrogen-bond donors (Lipinski definition) is 2. The summed E-state index contributed by atoms with van der Waals surface area (Å²) in [4.78, 5) is 0. The number of rotatable bonds is 6. The van der Waals surface area contributed by atoms with E-state index in [1.165, 1.54) is 12.2 Å². The van der Waals surface area contributed by atoms with E-state index in [-0.39, 0.29) is 5.76 Å². The molecule has 0 fully saturated rings. The summed E-state index contributed by atoms with van der Waals surface area (Å²) in [6, 6.07) is 0. The van der Waals surface area contributed by atoms with Gasteiger partial charge in [0.15, 0.2) is 0 Å². The molecule has 0 rings (SSSR count). The van der Waals surface area contributed by atoms with Crippen LogP contribution in [-0.2, 0) is 0 Å². The van der Waals surface area contributed by atoms with Gasteiger partial charge in [-0.05, 0) is 12.5 Å². The second-order valence-corrected chi connectivity index (χ2v) is 2.89. The Kier molecular flexibility index (Phi) is 6.48. The molecule has 0 aliphatic rings. The van der Waals surface area contributed by atoms with Crippen LogP contribution in [0.3, 0.4) is 0 Å². The standard InChI is InChI=1S/C10H18O2/c1-3-5-7-10(12)8-9(11)6-4-2/h4,6,10-12H,2-3,5,7-8H2,1H3/b9-6-. The first-order chi connectivity index (χ1) is 5.70. The molecule has 0 saturated heterocycles. The zero-order valence-electron chi connectivity index (χ0n) is 7.66. The molecule has 2 heteroatoms. The number of allylic oxidation sites excluding steroid dienone is 2. The number of aliphatic hydroxyl groups is 2. The molecule has 2 N–H and O–H groups in total. The van der Waals surface area contributed by atoms with Crippen molar-refractivity contribution in [1.29, 1.82) is 0 Å². The van der Waals surface area contributed by atoms with Crippen LogP contribution in [0.5, 0.6) is 0 Å². The van der Waals surface area contributed by atoms with E-state index < -0.39 is 6.10 Å². The fourth-order valence-corrected chi connectivity index (χ4v) is 0.987. The fourth-order valence-electron chi connectivity index (χ4n) is 0.987. The largest absolute Gasteiger partial charge is 0.512 e. The van der Waals surface area contributed by atoms with E-state index in [9.17, 15) is 5.11 Å². The van der Waals surface area contributed by atoms with Crippen LogP contribution in [0.25, 0.3) is 0 Å². The number of unbranched alkanes of at least 4 members (excludes halogenated alkanes) is 1. The molecule has 0 spiro atoms. The summed E-state index contributed by atoms with van der Waals surface area (Å²) >= 11 is 0. The molecule has 0 aromatic rings. The summed E-state index contributed by atoms with van der Waals surface area (Å²) in [5, 5.41) is 18.5. The average Bonchev–Trinajstić information content (AvgIpc) is 2.01. The Hall–Kier alpha value is -0.760. The van der Waals surface area contributed by atoms with E-state index in [2.05, 4.69) is 13.5 Å². The average molecular weight is 170 g/mol. The highest BCUT2D eigenvalue weighted by molar-refractivity contribution is 5.03. The highest BCUT2D eigenvalue weighted by Gasteiger charge is 2.04. The Balaban J connectivity index is 3.60. The third kappa shape index (κ3) is 5.98. The van der Waals surface area contributed by atoms with E-state index in [1.807, 2.05) is 0 Å². The van der Waals surface area contributed by atoms with Gasteiger partial charge in [-0.2, -0.15) is 0 Å². The molecule has 0 aliphatic heterocycles. The van der Waals surface area contributed by atoms with Gasteiger partial charge in [0.25, 0.3) is 0 Å². The van der Waals surface area contributed by atoms with Crippen molar-refractivity contribution in [2.24, 2.45) is 0 Å². The van der Waals surface area contributed by atoms with Crippen LogP contribution in [0.2, 0.25) is 0 Å². The summed E-state index contributed by atoms with van der Waals surface area (Å²) in [7, 11) is 0. The van der Waals surface area contributed by atoms with Crippen molar-refractivity contribution in [1.82, 2.24) is 0 Å². The van der Waals surface area contributed by atoms with Gasteiger partial charge in [0.05, 0.1) is 11.9 Å². The first kappa shape index (κ1) is 11.2. The molecule has 0 aromatic heterocycles. The van der Waals surface area contributed by atoms with Gasteiger partial charge in [-0.15, -0.1) is 0 Å². The molecule has 1 unspecified atom stereocenters. The Morgan fingerprint density at radius 2 is 2.25 bits per heavy atom. The highest BCUT2D eigenvalue weighted by atomic mass is 16.3. The molecular weight excluding hydrogens is 152 g/mol. The molecule has 0 radical (unpaired) electrons. The highest BCUT2D eigenvalue weighted by Crippen LogP contribution is 2.08. The summed E-state index contributed by atoms with van der Waals surface area (Å²) in [5.41, 5.74) is 0. The second-order valence-electron chi connectivity index (χ2n) is 2.89. The summed E-state index contributed by atoms with van der Waals surface area (Å²) < 4.78 is 0. The van der Waals surface area contributed by atoms with Gasteiger partial charge in [-0.25, -0.2) is 0 Å². The zero-order chi connectivity index (χ0) is 9.40. The van der Waals surface area contributed by atoms with Crippen molar-refractivity contribution in [3.63, 3.8) is 0 Å². The Morgan fingerprint density at radius 1 is 1.58 bits per heavy atom. The van der Waals surface area contributed by atoms with Gasteiger partial charge >= 0.3 is 0 Å². The van der Waals surface area contributed by atoms with Gasteiger partial charge in [-0.1, -0.05) is 32.4 Å². The Labute approximate surface area is 74.2 Å².